The Balaban J connectivity index is 2.32. The van der Waals surface area contributed by atoms with E-state index < -0.39 is 5.60 Å². The third-order valence-electron chi connectivity index (χ3n) is 3.06. The molecule has 86 valence electrons. The van der Waals surface area contributed by atoms with E-state index in [9.17, 15) is 5.11 Å². The van der Waals surface area contributed by atoms with E-state index in [1.807, 2.05) is 0 Å². The quantitative estimate of drug-likeness (QED) is 0.677. The van der Waals surface area contributed by atoms with Crippen LogP contribution in [0.3, 0.4) is 0 Å². The fourth-order valence-electron chi connectivity index (χ4n) is 2.29. The van der Waals surface area contributed by atoms with Gasteiger partial charge in [0.1, 0.15) is 0 Å². The van der Waals surface area contributed by atoms with Gasteiger partial charge in [-0.15, -0.1) is 0 Å². The summed E-state index contributed by atoms with van der Waals surface area (Å²) in [5.74, 6) is 0. The summed E-state index contributed by atoms with van der Waals surface area (Å²) in [5.41, 5.74) is 2.43. The molecule has 1 unspecified atom stereocenters. The van der Waals surface area contributed by atoms with Crippen LogP contribution >= 0.6 is 0 Å². The van der Waals surface area contributed by atoms with Crippen LogP contribution in [0.1, 0.15) is 59.3 Å². The van der Waals surface area contributed by atoms with Gasteiger partial charge in [-0.3, -0.25) is 0 Å². The van der Waals surface area contributed by atoms with Gasteiger partial charge in [0.2, 0.25) is 0 Å². The van der Waals surface area contributed by atoms with Crippen LogP contribution in [0.5, 0.6) is 0 Å². The van der Waals surface area contributed by atoms with Crippen molar-refractivity contribution in [3.8, 4) is 0 Å². The lowest BCUT2D eigenvalue weighted by Crippen LogP contribution is -2.24. The number of allylic oxidation sites excluding steroid dienone is 2. The molecule has 0 saturated heterocycles. The average Bonchev–Trinajstić information content (AvgIpc) is 2.47. The molecule has 1 atom stereocenters. The zero-order valence-electron chi connectivity index (χ0n) is 10.3. The highest BCUT2D eigenvalue weighted by Crippen LogP contribution is 2.34. The van der Waals surface area contributed by atoms with E-state index in [2.05, 4.69) is 32.9 Å². The van der Waals surface area contributed by atoms with E-state index in [0.717, 1.165) is 38.5 Å². The van der Waals surface area contributed by atoms with Crippen LogP contribution in [0, 0.1) is 0 Å². The monoisotopic (exact) mass is 208 g/mol. The molecule has 1 aliphatic carbocycles. The van der Waals surface area contributed by atoms with Gasteiger partial charge in [-0.2, -0.15) is 0 Å². The minimum Gasteiger partial charge on any atom is -0.389 e. The predicted molar refractivity (Wildman–Crippen MR) is 65.8 cm³/mol. The SMILES string of the molecule is CCCC1(O)CC=C(CCC=C(C)C)C1. The van der Waals surface area contributed by atoms with Gasteiger partial charge in [0, 0.05) is 0 Å². The van der Waals surface area contributed by atoms with Crippen LogP contribution in [0.15, 0.2) is 23.3 Å². The van der Waals surface area contributed by atoms with Crippen LogP contribution in [-0.2, 0) is 0 Å². The highest BCUT2D eigenvalue weighted by molar-refractivity contribution is 5.16. The number of hydrogen-bond donors (Lipinski definition) is 1. The molecular weight excluding hydrogens is 184 g/mol. The van der Waals surface area contributed by atoms with E-state index in [0.29, 0.717) is 0 Å². The first-order valence-electron chi connectivity index (χ1n) is 6.09. The highest BCUT2D eigenvalue weighted by Gasteiger charge is 2.30. The van der Waals surface area contributed by atoms with Crippen molar-refractivity contribution in [2.75, 3.05) is 0 Å². The Morgan fingerprint density at radius 1 is 1.53 bits per heavy atom. The van der Waals surface area contributed by atoms with Crippen molar-refractivity contribution in [2.45, 2.75) is 64.9 Å². The first-order chi connectivity index (χ1) is 7.06. The Kier molecular flexibility index (Phi) is 4.59. The molecule has 1 N–H and O–H groups in total. The molecule has 0 radical (unpaired) electrons. The topological polar surface area (TPSA) is 20.2 Å². The summed E-state index contributed by atoms with van der Waals surface area (Å²) in [4.78, 5) is 0. The lowest BCUT2D eigenvalue weighted by molar-refractivity contribution is 0.0421. The van der Waals surface area contributed by atoms with Crippen molar-refractivity contribution >= 4 is 0 Å². The Bertz CT molecular complexity index is 259. The van der Waals surface area contributed by atoms with Crippen LogP contribution < -0.4 is 0 Å². The molecule has 0 saturated carbocycles. The van der Waals surface area contributed by atoms with Crippen molar-refractivity contribution < 1.29 is 5.11 Å². The molecule has 0 aromatic carbocycles. The van der Waals surface area contributed by atoms with E-state index in [-0.39, 0.29) is 0 Å². The lowest BCUT2D eigenvalue weighted by atomic mass is 9.93. The molecular formula is C14H24O. The van der Waals surface area contributed by atoms with Gasteiger partial charge in [-0.1, -0.05) is 36.6 Å². The van der Waals surface area contributed by atoms with E-state index >= 15 is 0 Å². The Morgan fingerprint density at radius 3 is 2.87 bits per heavy atom. The highest BCUT2D eigenvalue weighted by atomic mass is 16.3. The maximum Gasteiger partial charge on any atom is 0.0718 e. The van der Waals surface area contributed by atoms with Crippen molar-refractivity contribution in [1.82, 2.24) is 0 Å². The van der Waals surface area contributed by atoms with Crippen LogP contribution in [0.2, 0.25) is 0 Å². The maximum absolute atomic E-state index is 10.2. The Morgan fingerprint density at radius 2 is 2.27 bits per heavy atom. The molecule has 1 aliphatic rings. The van der Waals surface area contributed by atoms with Crippen LogP contribution in [-0.4, -0.2) is 10.7 Å². The van der Waals surface area contributed by atoms with E-state index in [1.54, 1.807) is 0 Å². The lowest BCUT2D eigenvalue weighted by Gasteiger charge is -2.21. The maximum atomic E-state index is 10.2. The fourth-order valence-corrected chi connectivity index (χ4v) is 2.29. The molecule has 1 nitrogen and oxygen atoms in total. The van der Waals surface area contributed by atoms with Crippen LogP contribution in [0.4, 0.5) is 0 Å². The Labute approximate surface area is 93.9 Å². The second kappa shape index (κ2) is 5.50. The fraction of sp³-hybridized carbons (Fsp3) is 0.714. The van der Waals surface area contributed by atoms with Gasteiger partial charge in [0.05, 0.1) is 5.60 Å². The molecule has 0 aromatic heterocycles. The third kappa shape index (κ3) is 4.21. The molecule has 0 fully saturated rings. The molecule has 0 amide bonds. The van der Waals surface area contributed by atoms with Gasteiger partial charge in [0.25, 0.3) is 0 Å². The van der Waals surface area contributed by atoms with Crippen LogP contribution in [0.25, 0.3) is 0 Å². The number of rotatable bonds is 5. The zero-order valence-corrected chi connectivity index (χ0v) is 10.3. The van der Waals surface area contributed by atoms with Gasteiger partial charge < -0.3 is 5.11 Å². The van der Waals surface area contributed by atoms with E-state index in [4.69, 9.17) is 0 Å². The Hall–Kier alpha value is -0.560. The molecule has 0 heterocycles. The largest absolute Gasteiger partial charge is 0.389 e. The van der Waals surface area contributed by atoms with Gasteiger partial charge in [-0.05, 0) is 46.0 Å². The summed E-state index contributed by atoms with van der Waals surface area (Å²) in [6.07, 6.45) is 10.5. The summed E-state index contributed by atoms with van der Waals surface area (Å²) in [5, 5.41) is 10.2. The average molecular weight is 208 g/mol. The molecule has 15 heavy (non-hydrogen) atoms. The van der Waals surface area contributed by atoms with Crippen molar-refractivity contribution in [2.24, 2.45) is 0 Å². The third-order valence-corrected chi connectivity index (χ3v) is 3.06. The smallest absolute Gasteiger partial charge is 0.0718 e. The van der Waals surface area contributed by atoms with Crippen molar-refractivity contribution in [3.05, 3.63) is 23.3 Å². The summed E-state index contributed by atoms with van der Waals surface area (Å²) in [6, 6.07) is 0. The predicted octanol–water partition coefficient (Wildman–Crippen LogP) is 3.98. The molecule has 0 bridgehead atoms. The summed E-state index contributed by atoms with van der Waals surface area (Å²) in [7, 11) is 0. The zero-order chi connectivity index (χ0) is 11.3. The number of aliphatic hydroxyl groups is 1. The molecule has 1 heteroatoms. The number of hydrogen-bond acceptors (Lipinski definition) is 1. The molecule has 0 spiro atoms. The normalized spacial score (nSPS) is 25.2. The van der Waals surface area contributed by atoms with Gasteiger partial charge >= 0.3 is 0 Å². The van der Waals surface area contributed by atoms with Gasteiger partial charge in [0.15, 0.2) is 0 Å². The van der Waals surface area contributed by atoms with Crippen molar-refractivity contribution in [1.29, 1.82) is 0 Å². The summed E-state index contributed by atoms with van der Waals surface area (Å²) in [6.45, 7) is 6.41. The first-order valence-corrected chi connectivity index (χ1v) is 6.09. The first kappa shape index (κ1) is 12.5. The molecule has 1 rings (SSSR count). The molecule has 0 aromatic rings. The standard InChI is InChI=1S/C14H24O/c1-4-9-14(15)10-8-13(11-14)7-5-6-12(2)3/h6,8,15H,4-5,7,9-11H2,1-3H3. The summed E-state index contributed by atoms with van der Waals surface area (Å²) >= 11 is 0. The summed E-state index contributed by atoms with van der Waals surface area (Å²) < 4.78 is 0. The van der Waals surface area contributed by atoms with E-state index in [1.165, 1.54) is 11.1 Å². The van der Waals surface area contributed by atoms with Gasteiger partial charge in [-0.25, -0.2) is 0 Å². The molecule has 0 aliphatic heterocycles. The second-order valence-electron chi connectivity index (χ2n) is 5.04. The second-order valence-corrected chi connectivity index (χ2v) is 5.04. The van der Waals surface area contributed by atoms with Crippen molar-refractivity contribution in [3.63, 3.8) is 0 Å². The minimum atomic E-state index is -0.408. The minimum absolute atomic E-state index is 0.408.